The van der Waals surface area contributed by atoms with Crippen molar-refractivity contribution in [2.45, 2.75) is 17.7 Å². The number of fused-ring (bicyclic) bond motifs is 1. The van der Waals surface area contributed by atoms with Crippen molar-refractivity contribution in [3.8, 4) is 0 Å². The van der Waals surface area contributed by atoms with E-state index in [0.29, 0.717) is 12.1 Å². The molecule has 0 spiro atoms. The Bertz CT molecular complexity index is 896. The minimum Gasteiger partial charge on any atom is -0.352 e. The van der Waals surface area contributed by atoms with E-state index in [9.17, 15) is 13.2 Å². The number of hydrogen-bond acceptors (Lipinski definition) is 8. The molecule has 3 aliphatic rings. The Hall–Kier alpha value is -1.62. The maximum Gasteiger partial charge on any atom is 0.251 e. The number of anilines is 1. The van der Waals surface area contributed by atoms with Gasteiger partial charge < -0.3 is 20.4 Å². The molecule has 30 heavy (non-hydrogen) atoms. The summed E-state index contributed by atoms with van der Waals surface area (Å²) in [6, 6.07) is 7.16. The van der Waals surface area contributed by atoms with E-state index in [1.807, 2.05) is 12.1 Å². The summed E-state index contributed by atoms with van der Waals surface area (Å²) in [5.74, 6) is 0.279. The Morgan fingerprint density at radius 2 is 1.90 bits per heavy atom. The number of amides is 1. The molecule has 2 atom stereocenters. The minimum absolute atomic E-state index is 0.0217. The fraction of sp³-hybridized carbons (Fsp3) is 0.600. The lowest BCUT2D eigenvalue weighted by Gasteiger charge is -2.32. The van der Waals surface area contributed by atoms with E-state index in [1.165, 1.54) is 11.8 Å². The highest BCUT2D eigenvalue weighted by Gasteiger charge is 2.42. The van der Waals surface area contributed by atoms with E-state index < -0.39 is 9.84 Å². The van der Waals surface area contributed by atoms with Gasteiger partial charge in [-0.05, 0) is 44.3 Å². The number of carbonyl (C=O) groups excluding carboxylic acids is 1. The van der Waals surface area contributed by atoms with E-state index in [1.54, 1.807) is 12.1 Å². The molecule has 0 aliphatic carbocycles. The summed E-state index contributed by atoms with van der Waals surface area (Å²) in [5.41, 5.74) is 1.47. The molecule has 0 bridgehead atoms. The molecule has 2 N–H and O–H groups in total. The Balaban J connectivity index is 1.19. The van der Waals surface area contributed by atoms with Crippen molar-refractivity contribution >= 4 is 38.4 Å². The molecule has 4 rings (SSSR count). The standard InChI is InChI=1S/C20H29N5O3S2/c1-24-9-11-25(12-10-24)8-2-7-21-19(26)15-3-5-16(6-4-15)22-20-23-17-13-30(27,28)14-18(17)29-20/h3-6,17-18H,2,7-14H2,1H3,(H,21,26)(H,22,23)/t17-,18+/m1/s1. The number of thioether (sulfide) groups is 1. The number of sulfone groups is 1. The Labute approximate surface area is 182 Å². The second-order valence-electron chi connectivity index (χ2n) is 8.19. The summed E-state index contributed by atoms with van der Waals surface area (Å²) in [6.45, 7) is 6.10. The Morgan fingerprint density at radius 3 is 2.60 bits per heavy atom. The summed E-state index contributed by atoms with van der Waals surface area (Å²) < 4.78 is 23.3. The van der Waals surface area contributed by atoms with Crippen LogP contribution >= 0.6 is 11.8 Å². The Kier molecular flexibility index (Phi) is 6.66. The minimum atomic E-state index is -2.94. The van der Waals surface area contributed by atoms with Gasteiger partial charge in [-0.25, -0.2) is 8.42 Å². The van der Waals surface area contributed by atoms with Crippen LogP contribution in [0.1, 0.15) is 16.8 Å². The zero-order valence-corrected chi connectivity index (χ0v) is 18.8. The van der Waals surface area contributed by atoms with Crippen LogP contribution < -0.4 is 10.6 Å². The average Bonchev–Trinajstić information content (AvgIpc) is 3.19. The molecule has 164 valence electrons. The molecule has 3 heterocycles. The number of likely N-dealkylation sites (N-methyl/N-ethyl adjacent to an activating group) is 1. The van der Waals surface area contributed by atoms with Gasteiger partial charge in [-0.15, -0.1) is 0 Å². The molecule has 3 aliphatic heterocycles. The van der Waals surface area contributed by atoms with E-state index in [0.717, 1.165) is 50.0 Å². The summed E-state index contributed by atoms with van der Waals surface area (Å²) in [7, 11) is -0.791. The van der Waals surface area contributed by atoms with Crippen LogP contribution in [-0.2, 0) is 9.84 Å². The molecule has 1 aromatic carbocycles. The molecule has 0 aromatic heterocycles. The summed E-state index contributed by atoms with van der Waals surface area (Å²) in [5, 5.41) is 7.00. The average molecular weight is 452 g/mol. The van der Waals surface area contributed by atoms with Crippen LogP contribution in [0.3, 0.4) is 0 Å². The molecule has 2 fully saturated rings. The lowest BCUT2D eigenvalue weighted by Crippen LogP contribution is -2.45. The van der Waals surface area contributed by atoms with Crippen LogP contribution in [0.5, 0.6) is 0 Å². The topological polar surface area (TPSA) is 94.1 Å². The van der Waals surface area contributed by atoms with Crippen molar-refractivity contribution in [3.63, 3.8) is 0 Å². The van der Waals surface area contributed by atoms with Gasteiger partial charge in [-0.3, -0.25) is 9.79 Å². The SMILES string of the molecule is CN1CCN(CCCNC(=O)c2ccc(NC3=N[C@@H]4CS(=O)(=O)C[C@@H]4S3)cc2)CC1. The number of piperazine rings is 1. The molecular formula is C20H29N5O3S2. The van der Waals surface area contributed by atoms with Crippen LogP contribution in [0.4, 0.5) is 5.69 Å². The van der Waals surface area contributed by atoms with Gasteiger partial charge in [0.25, 0.3) is 5.91 Å². The normalized spacial score (nSPS) is 26.2. The number of nitrogens with zero attached hydrogens (tertiary/aromatic N) is 3. The first-order chi connectivity index (χ1) is 14.4. The lowest BCUT2D eigenvalue weighted by atomic mass is 10.2. The highest BCUT2D eigenvalue weighted by atomic mass is 32.2. The van der Waals surface area contributed by atoms with Crippen molar-refractivity contribution in [3.05, 3.63) is 29.8 Å². The zero-order chi connectivity index (χ0) is 21.1. The van der Waals surface area contributed by atoms with E-state index in [2.05, 4.69) is 32.5 Å². The van der Waals surface area contributed by atoms with E-state index in [4.69, 9.17) is 0 Å². The predicted octanol–water partition coefficient (Wildman–Crippen LogP) is 0.734. The first-order valence-electron chi connectivity index (χ1n) is 10.4. The fourth-order valence-corrected chi connectivity index (χ4v) is 7.60. The van der Waals surface area contributed by atoms with Gasteiger partial charge in [0.2, 0.25) is 0 Å². The molecule has 8 nitrogen and oxygen atoms in total. The van der Waals surface area contributed by atoms with Crippen molar-refractivity contribution < 1.29 is 13.2 Å². The molecule has 1 amide bonds. The number of carbonyl (C=O) groups is 1. The second kappa shape index (κ2) is 9.25. The largest absolute Gasteiger partial charge is 0.352 e. The summed E-state index contributed by atoms with van der Waals surface area (Å²) in [6.07, 6.45) is 0.949. The van der Waals surface area contributed by atoms with Crippen molar-refractivity contribution in [2.75, 3.05) is 63.1 Å². The smallest absolute Gasteiger partial charge is 0.251 e. The molecule has 10 heteroatoms. The first-order valence-corrected chi connectivity index (χ1v) is 13.1. The van der Waals surface area contributed by atoms with Crippen LogP contribution in [0.2, 0.25) is 0 Å². The Morgan fingerprint density at radius 1 is 1.17 bits per heavy atom. The second-order valence-corrected chi connectivity index (χ2v) is 11.6. The van der Waals surface area contributed by atoms with Gasteiger partial charge in [0.05, 0.1) is 17.5 Å². The number of nitrogens with one attached hydrogen (secondary N) is 2. The number of benzene rings is 1. The number of amidine groups is 1. The van der Waals surface area contributed by atoms with Gasteiger partial charge in [-0.2, -0.15) is 0 Å². The van der Waals surface area contributed by atoms with Crippen LogP contribution in [0, 0.1) is 0 Å². The first kappa shape index (κ1) is 21.6. The van der Waals surface area contributed by atoms with Crippen molar-refractivity contribution in [2.24, 2.45) is 4.99 Å². The quantitative estimate of drug-likeness (QED) is 0.616. The highest BCUT2D eigenvalue weighted by molar-refractivity contribution is 8.15. The molecule has 0 unspecified atom stereocenters. The third-order valence-corrected chi connectivity index (χ3v) is 8.89. The zero-order valence-electron chi connectivity index (χ0n) is 17.2. The molecule has 1 aromatic rings. The van der Waals surface area contributed by atoms with Crippen LogP contribution in [0.15, 0.2) is 29.3 Å². The van der Waals surface area contributed by atoms with Gasteiger partial charge in [-0.1, -0.05) is 11.8 Å². The van der Waals surface area contributed by atoms with Gasteiger partial charge in [0.1, 0.15) is 0 Å². The number of hydrogen-bond donors (Lipinski definition) is 2. The van der Waals surface area contributed by atoms with E-state index >= 15 is 0 Å². The monoisotopic (exact) mass is 451 g/mol. The maximum absolute atomic E-state index is 12.4. The van der Waals surface area contributed by atoms with Crippen molar-refractivity contribution in [1.29, 1.82) is 0 Å². The maximum atomic E-state index is 12.4. The molecule has 0 saturated carbocycles. The molecule has 0 radical (unpaired) electrons. The number of aliphatic imine (C=N–C) groups is 1. The third-order valence-electron chi connectivity index (χ3n) is 5.75. The van der Waals surface area contributed by atoms with Gasteiger partial charge in [0.15, 0.2) is 15.0 Å². The van der Waals surface area contributed by atoms with Crippen molar-refractivity contribution in [1.82, 2.24) is 15.1 Å². The highest BCUT2D eigenvalue weighted by Crippen LogP contribution is 2.34. The van der Waals surface area contributed by atoms with E-state index in [-0.39, 0.29) is 28.7 Å². The molecule has 2 saturated heterocycles. The fourth-order valence-electron chi connectivity index (χ4n) is 3.92. The van der Waals surface area contributed by atoms with Gasteiger partial charge in [0, 0.05) is 49.2 Å². The van der Waals surface area contributed by atoms with Crippen LogP contribution in [-0.4, -0.2) is 98.4 Å². The number of rotatable bonds is 6. The lowest BCUT2D eigenvalue weighted by molar-refractivity contribution is 0.0949. The third kappa shape index (κ3) is 5.54. The van der Waals surface area contributed by atoms with Crippen LogP contribution in [0.25, 0.3) is 0 Å². The summed E-state index contributed by atoms with van der Waals surface area (Å²) >= 11 is 1.49. The molecular weight excluding hydrogens is 422 g/mol. The van der Waals surface area contributed by atoms with Gasteiger partial charge >= 0.3 is 0 Å². The summed E-state index contributed by atoms with van der Waals surface area (Å²) in [4.78, 5) is 21.6. The predicted molar refractivity (Wildman–Crippen MR) is 122 cm³/mol.